The number of nitrogens with one attached hydrogen (secondary N) is 1. The van der Waals surface area contributed by atoms with Gasteiger partial charge in [-0.15, -0.1) is 12.4 Å². The van der Waals surface area contributed by atoms with E-state index >= 15 is 0 Å². The lowest BCUT2D eigenvalue weighted by atomic mass is 10.1. The molecule has 0 aromatic heterocycles. The van der Waals surface area contributed by atoms with Gasteiger partial charge in [0.1, 0.15) is 0 Å². The molecular formula is C12H16ClF3N2O. The zero-order valence-corrected chi connectivity index (χ0v) is 11.4. The van der Waals surface area contributed by atoms with Crippen LogP contribution in [-0.4, -0.2) is 5.91 Å². The van der Waals surface area contributed by atoms with Crippen LogP contribution in [0.25, 0.3) is 0 Å². The molecule has 1 rings (SSSR count). The SMILES string of the molecule is CC(C)C(=O)Nc1cc(CN)cc(C(F)(F)F)c1.Cl. The van der Waals surface area contributed by atoms with Gasteiger partial charge in [0.25, 0.3) is 0 Å². The third-order valence-electron chi connectivity index (χ3n) is 2.35. The molecule has 3 nitrogen and oxygen atoms in total. The van der Waals surface area contributed by atoms with Crippen molar-refractivity contribution in [3.63, 3.8) is 0 Å². The Kier molecular flexibility index (Phi) is 6.32. The molecule has 0 saturated heterocycles. The number of amides is 1. The molecule has 108 valence electrons. The van der Waals surface area contributed by atoms with E-state index in [4.69, 9.17) is 5.73 Å². The number of carbonyl (C=O) groups is 1. The van der Waals surface area contributed by atoms with Crippen LogP contribution in [-0.2, 0) is 17.5 Å². The third kappa shape index (κ3) is 5.08. The van der Waals surface area contributed by atoms with Crippen LogP contribution in [0.2, 0.25) is 0 Å². The molecule has 0 aliphatic heterocycles. The van der Waals surface area contributed by atoms with E-state index in [9.17, 15) is 18.0 Å². The molecule has 0 aliphatic carbocycles. The Hall–Kier alpha value is -1.27. The van der Waals surface area contributed by atoms with Gasteiger partial charge in [0.15, 0.2) is 0 Å². The van der Waals surface area contributed by atoms with Crippen molar-refractivity contribution in [3.8, 4) is 0 Å². The van der Waals surface area contributed by atoms with E-state index in [1.54, 1.807) is 13.8 Å². The first-order valence-corrected chi connectivity index (χ1v) is 5.46. The van der Waals surface area contributed by atoms with Crippen LogP contribution in [0.3, 0.4) is 0 Å². The Balaban J connectivity index is 0.00000324. The van der Waals surface area contributed by atoms with Crippen molar-refractivity contribution in [2.24, 2.45) is 11.7 Å². The molecule has 0 bridgehead atoms. The van der Waals surface area contributed by atoms with Crippen LogP contribution < -0.4 is 11.1 Å². The van der Waals surface area contributed by atoms with Crippen molar-refractivity contribution < 1.29 is 18.0 Å². The molecule has 0 saturated carbocycles. The fourth-order valence-corrected chi connectivity index (χ4v) is 1.33. The number of hydrogen-bond donors (Lipinski definition) is 2. The molecule has 0 unspecified atom stereocenters. The van der Waals surface area contributed by atoms with E-state index in [2.05, 4.69) is 5.32 Å². The lowest BCUT2D eigenvalue weighted by molar-refractivity contribution is -0.137. The fraction of sp³-hybridized carbons (Fsp3) is 0.417. The summed E-state index contributed by atoms with van der Waals surface area (Å²) in [6, 6.07) is 3.32. The summed E-state index contributed by atoms with van der Waals surface area (Å²) in [6.45, 7) is 3.30. The number of carbonyl (C=O) groups excluding carboxylic acids is 1. The normalized spacial score (nSPS) is 11.1. The maximum atomic E-state index is 12.6. The Morgan fingerprint density at radius 1 is 1.32 bits per heavy atom. The molecule has 1 aromatic carbocycles. The summed E-state index contributed by atoms with van der Waals surface area (Å²) in [5, 5.41) is 2.43. The molecule has 0 radical (unpaired) electrons. The Morgan fingerprint density at radius 3 is 2.32 bits per heavy atom. The number of halogens is 4. The fourth-order valence-electron chi connectivity index (χ4n) is 1.33. The average molecular weight is 297 g/mol. The smallest absolute Gasteiger partial charge is 0.326 e. The first-order chi connectivity index (χ1) is 8.24. The minimum absolute atomic E-state index is 0. The van der Waals surface area contributed by atoms with Gasteiger partial charge >= 0.3 is 6.18 Å². The number of rotatable bonds is 3. The van der Waals surface area contributed by atoms with E-state index in [0.29, 0.717) is 5.56 Å². The first kappa shape index (κ1) is 17.7. The molecule has 7 heteroatoms. The van der Waals surface area contributed by atoms with Crippen LogP contribution >= 0.6 is 12.4 Å². The summed E-state index contributed by atoms with van der Waals surface area (Å²) in [4.78, 5) is 11.4. The van der Waals surface area contributed by atoms with Crippen LogP contribution in [0.4, 0.5) is 18.9 Å². The summed E-state index contributed by atoms with van der Waals surface area (Å²) in [6.07, 6.45) is -4.46. The standard InChI is InChI=1S/C12H15F3N2O.ClH/c1-7(2)11(18)17-10-4-8(6-16)3-9(5-10)12(13,14)15;/h3-5,7H,6,16H2,1-2H3,(H,17,18);1H. The third-order valence-corrected chi connectivity index (χ3v) is 2.35. The highest BCUT2D eigenvalue weighted by molar-refractivity contribution is 5.92. The molecule has 0 atom stereocenters. The van der Waals surface area contributed by atoms with Gasteiger partial charge < -0.3 is 11.1 Å². The Morgan fingerprint density at radius 2 is 1.89 bits per heavy atom. The second-order valence-electron chi connectivity index (χ2n) is 4.26. The highest BCUT2D eigenvalue weighted by Gasteiger charge is 2.31. The minimum Gasteiger partial charge on any atom is -0.326 e. The summed E-state index contributed by atoms with van der Waals surface area (Å²) >= 11 is 0. The van der Waals surface area contributed by atoms with Crippen LogP contribution in [0.1, 0.15) is 25.0 Å². The lowest BCUT2D eigenvalue weighted by Gasteiger charge is -2.13. The maximum Gasteiger partial charge on any atom is 0.416 e. The van der Waals surface area contributed by atoms with Gasteiger partial charge in [-0.05, 0) is 23.8 Å². The van der Waals surface area contributed by atoms with Crippen molar-refractivity contribution in [1.29, 1.82) is 0 Å². The largest absolute Gasteiger partial charge is 0.416 e. The van der Waals surface area contributed by atoms with Gasteiger partial charge in [-0.25, -0.2) is 0 Å². The lowest BCUT2D eigenvalue weighted by Crippen LogP contribution is -2.18. The van der Waals surface area contributed by atoms with Crippen molar-refractivity contribution in [2.75, 3.05) is 5.32 Å². The van der Waals surface area contributed by atoms with Gasteiger partial charge in [0.05, 0.1) is 5.56 Å². The summed E-state index contributed by atoms with van der Waals surface area (Å²) < 4.78 is 37.9. The quantitative estimate of drug-likeness (QED) is 0.900. The van der Waals surface area contributed by atoms with E-state index in [1.807, 2.05) is 0 Å². The van der Waals surface area contributed by atoms with Gasteiger partial charge in [0.2, 0.25) is 5.91 Å². The van der Waals surface area contributed by atoms with E-state index < -0.39 is 11.7 Å². The average Bonchev–Trinajstić information content (AvgIpc) is 2.27. The van der Waals surface area contributed by atoms with Crippen LogP contribution in [0.5, 0.6) is 0 Å². The molecule has 1 amide bonds. The van der Waals surface area contributed by atoms with Crippen LogP contribution in [0, 0.1) is 5.92 Å². The number of hydrogen-bond acceptors (Lipinski definition) is 2. The molecule has 19 heavy (non-hydrogen) atoms. The highest BCUT2D eigenvalue weighted by Crippen LogP contribution is 2.32. The number of alkyl halides is 3. The zero-order valence-electron chi connectivity index (χ0n) is 10.5. The van der Waals surface area contributed by atoms with Crippen molar-refractivity contribution in [3.05, 3.63) is 29.3 Å². The molecule has 1 aromatic rings. The molecule has 0 heterocycles. The summed E-state index contributed by atoms with van der Waals surface area (Å²) in [5.41, 5.74) is 4.96. The molecule has 0 spiro atoms. The maximum absolute atomic E-state index is 12.6. The Bertz CT molecular complexity index is 447. The van der Waals surface area contributed by atoms with Gasteiger partial charge in [-0.2, -0.15) is 13.2 Å². The van der Waals surface area contributed by atoms with Gasteiger partial charge in [-0.1, -0.05) is 13.8 Å². The second kappa shape index (κ2) is 6.77. The predicted octanol–water partition coefficient (Wildman–Crippen LogP) is 3.18. The van der Waals surface area contributed by atoms with E-state index in [-0.39, 0.29) is 36.5 Å². The first-order valence-electron chi connectivity index (χ1n) is 5.46. The van der Waals surface area contributed by atoms with Crippen molar-refractivity contribution in [2.45, 2.75) is 26.6 Å². The predicted molar refractivity (Wildman–Crippen MR) is 70.1 cm³/mol. The van der Waals surface area contributed by atoms with Crippen molar-refractivity contribution in [1.82, 2.24) is 0 Å². The molecular weight excluding hydrogens is 281 g/mol. The molecule has 0 fully saturated rings. The van der Waals surface area contributed by atoms with Crippen molar-refractivity contribution >= 4 is 24.0 Å². The molecule has 0 aliphatic rings. The second-order valence-corrected chi connectivity index (χ2v) is 4.26. The van der Waals surface area contributed by atoms with E-state index in [1.165, 1.54) is 6.07 Å². The monoisotopic (exact) mass is 296 g/mol. The number of benzene rings is 1. The summed E-state index contributed by atoms with van der Waals surface area (Å²) in [7, 11) is 0. The molecule has 3 N–H and O–H groups in total. The van der Waals surface area contributed by atoms with E-state index in [0.717, 1.165) is 12.1 Å². The zero-order chi connectivity index (χ0) is 13.9. The van der Waals surface area contributed by atoms with Crippen LogP contribution in [0.15, 0.2) is 18.2 Å². The highest BCUT2D eigenvalue weighted by atomic mass is 35.5. The van der Waals surface area contributed by atoms with Gasteiger partial charge in [-0.3, -0.25) is 4.79 Å². The number of anilines is 1. The van der Waals surface area contributed by atoms with Gasteiger partial charge in [0, 0.05) is 18.2 Å². The topological polar surface area (TPSA) is 55.1 Å². The minimum atomic E-state index is -4.46. The summed E-state index contributed by atoms with van der Waals surface area (Å²) in [5.74, 6) is -0.641. The Labute approximate surface area is 115 Å². The number of nitrogens with two attached hydrogens (primary N) is 1.